The molecule has 208 valence electrons. The maximum Gasteiger partial charge on any atom is 0.282 e. The summed E-state index contributed by atoms with van der Waals surface area (Å²) in [5, 5.41) is 21.9. The molecule has 0 aromatic heterocycles. The van der Waals surface area contributed by atoms with E-state index >= 15 is 0 Å². The van der Waals surface area contributed by atoms with Crippen molar-refractivity contribution >= 4 is 17.0 Å². The molecule has 1 saturated heterocycles. The van der Waals surface area contributed by atoms with Crippen LogP contribution in [0.2, 0.25) is 0 Å². The molecule has 0 bridgehead atoms. The van der Waals surface area contributed by atoms with Crippen LogP contribution in [0.25, 0.3) is 0 Å². The molecule has 0 spiro atoms. The lowest BCUT2D eigenvalue weighted by Gasteiger charge is -2.30. The van der Waals surface area contributed by atoms with Gasteiger partial charge >= 0.3 is 0 Å². The van der Waals surface area contributed by atoms with Crippen molar-refractivity contribution in [1.29, 1.82) is 0 Å². The molecule has 1 amide bonds. The molecule has 1 aliphatic heterocycles. The molecule has 2 aromatic carbocycles. The summed E-state index contributed by atoms with van der Waals surface area (Å²) in [6.45, 7) is 6.81. The zero-order valence-electron chi connectivity index (χ0n) is 22.6. The number of carbonyl (C=O) groups is 1. The molecule has 0 unspecified atom stereocenters. The van der Waals surface area contributed by atoms with Gasteiger partial charge in [-0.3, -0.25) is 4.79 Å². The summed E-state index contributed by atoms with van der Waals surface area (Å²) < 4.78 is 16.6. The smallest absolute Gasteiger partial charge is 0.282 e. The largest absolute Gasteiger partial charge is 0.497 e. The molecular formula is C30H41NO6S. The number of allylic oxidation sites excluding steroid dienone is 1. The molecule has 0 radical (unpaired) electrons. The standard InChI is InChI=1S/C30H41NO6S/c1-5-21(2)6-11-27(37-19-23-9-14-26(36-4)15-10-23)16-24(32)17-29(33)28-20-38-30(34)31(28)18-22-7-12-25(35-3)13-8-22/h5,7-10,12-15,21,24,27-29,32-33H,1,6,11,16-20H2,2-4H3/t21-,24-,27-,28+,29+/m1/s1. The average Bonchev–Trinajstić information content (AvgIpc) is 3.30. The van der Waals surface area contributed by atoms with Crippen LogP contribution in [-0.4, -0.2) is 64.7 Å². The van der Waals surface area contributed by atoms with E-state index in [0.717, 1.165) is 35.5 Å². The summed E-state index contributed by atoms with van der Waals surface area (Å²) in [7, 11) is 3.25. The molecular weight excluding hydrogens is 502 g/mol. The predicted octanol–water partition coefficient (Wildman–Crippen LogP) is 5.43. The molecule has 1 fully saturated rings. The van der Waals surface area contributed by atoms with E-state index in [2.05, 4.69) is 13.5 Å². The third-order valence-corrected chi connectivity index (χ3v) is 8.00. The van der Waals surface area contributed by atoms with Gasteiger partial charge in [-0.05, 0) is 60.6 Å². The number of aliphatic hydroxyl groups is 2. The van der Waals surface area contributed by atoms with Gasteiger partial charge in [-0.1, -0.05) is 49.0 Å². The summed E-state index contributed by atoms with van der Waals surface area (Å²) >= 11 is 1.21. The molecule has 0 saturated carbocycles. The minimum atomic E-state index is -0.837. The van der Waals surface area contributed by atoms with Crippen molar-refractivity contribution in [3.8, 4) is 11.5 Å². The highest BCUT2D eigenvalue weighted by atomic mass is 32.2. The van der Waals surface area contributed by atoms with E-state index < -0.39 is 12.2 Å². The van der Waals surface area contributed by atoms with Crippen LogP contribution >= 0.6 is 11.8 Å². The molecule has 1 aliphatic rings. The Labute approximate surface area is 230 Å². The zero-order valence-corrected chi connectivity index (χ0v) is 23.4. The van der Waals surface area contributed by atoms with Crippen LogP contribution in [-0.2, 0) is 17.9 Å². The minimum Gasteiger partial charge on any atom is -0.497 e. The average molecular weight is 544 g/mol. The number of ether oxygens (including phenoxy) is 3. The Bertz CT molecular complexity index is 999. The summed E-state index contributed by atoms with van der Waals surface area (Å²) in [6.07, 6.45) is 2.42. The van der Waals surface area contributed by atoms with Gasteiger partial charge < -0.3 is 29.3 Å². The van der Waals surface area contributed by atoms with E-state index in [1.165, 1.54) is 11.8 Å². The fraction of sp³-hybridized carbons (Fsp3) is 0.500. The quantitative estimate of drug-likeness (QED) is 0.273. The van der Waals surface area contributed by atoms with E-state index in [0.29, 0.717) is 31.2 Å². The summed E-state index contributed by atoms with van der Waals surface area (Å²) in [6, 6.07) is 14.9. The van der Waals surface area contributed by atoms with Gasteiger partial charge in [0.25, 0.3) is 5.24 Å². The molecule has 38 heavy (non-hydrogen) atoms. The van der Waals surface area contributed by atoms with Crippen LogP contribution < -0.4 is 9.47 Å². The van der Waals surface area contributed by atoms with Crippen molar-refractivity contribution in [2.45, 2.75) is 70.1 Å². The number of hydrogen-bond acceptors (Lipinski definition) is 7. The lowest BCUT2D eigenvalue weighted by Crippen LogP contribution is -2.43. The van der Waals surface area contributed by atoms with Crippen LogP contribution in [0.1, 0.15) is 43.7 Å². The number of benzene rings is 2. The molecule has 3 rings (SSSR count). The number of hydrogen-bond donors (Lipinski definition) is 2. The lowest BCUT2D eigenvalue weighted by atomic mass is 9.96. The first kappa shape index (κ1) is 30.0. The SMILES string of the molecule is C=C[C@@H](C)CC[C@H](C[C@@H](O)C[C@H](O)[C@@H]1CSC(=O)N1Cc1ccc(OC)cc1)OCc1ccc(OC)cc1. The molecule has 2 aromatic rings. The fourth-order valence-corrected chi connectivity index (χ4v) is 5.58. The molecule has 2 N–H and O–H groups in total. The second-order valence-electron chi connectivity index (χ2n) is 9.88. The van der Waals surface area contributed by atoms with Crippen molar-refractivity contribution in [2.24, 2.45) is 5.92 Å². The van der Waals surface area contributed by atoms with Crippen molar-refractivity contribution < 1.29 is 29.2 Å². The summed E-state index contributed by atoms with van der Waals surface area (Å²) in [5.41, 5.74) is 1.99. The monoisotopic (exact) mass is 543 g/mol. The molecule has 0 aliphatic carbocycles. The predicted molar refractivity (Wildman–Crippen MR) is 152 cm³/mol. The second-order valence-corrected chi connectivity index (χ2v) is 10.9. The van der Waals surface area contributed by atoms with Gasteiger partial charge in [0.15, 0.2) is 0 Å². The second kappa shape index (κ2) is 15.2. The first-order valence-electron chi connectivity index (χ1n) is 13.1. The number of methoxy groups -OCH3 is 2. The molecule has 5 atom stereocenters. The Morgan fingerprint density at radius 1 is 1.00 bits per heavy atom. The third-order valence-electron chi connectivity index (χ3n) is 7.01. The van der Waals surface area contributed by atoms with E-state index in [9.17, 15) is 15.0 Å². The number of nitrogens with zero attached hydrogens (tertiary/aromatic N) is 1. The summed E-state index contributed by atoms with van der Waals surface area (Å²) in [4.78, 5) is 14.3. The lowest BCUT2D eigenvalue weighted by molar-refractivity contribution is -0.0219. The van der Waals surface area contributed by atoms with Crippen molar-refractivity contribution in [1.82, 2.24) is 4.90 Å². The number of amides is 1. The van der Waals surface area contributed by atoms with Gasteiger partial charge in [0, 0.05) is 18.7 Å². The Hall–Kier alpha value is -2.52. The van der Waals surface area contributed by atoms with Crippen molar-refractivity contribution in [3.63, 3.8) is 0 Å². The van der Waals surface area contributed by atoms with E-state index in [1.54, 1.807) is 19.1 Å². The topological polar surface area (TPSA) is 88.5 Å². The Kier molecular flexibility index (Phi) is 12.0. The van der Waals surface area contributed by atoms with Crippen LogP contribution in [0.15, 0.2) is 61.2 Å². The number of carbonyl (C=O) groups excluding carboxylic acids is 1. The van der Waals surface area contributed by atoms with Gasteiger partial charge in [0.05, 0.1) is 45.2 Å². The number of thioether (sulfide) groups is 1. The number of rotatable bonds is 16. The highest BCUT2D eigenvalue weighted by Gasteiger charge is 2.37. The van der Waals surface area contributed by atoms with Crippen LogP contribution in [0.5, 0.6) is 11.5 Å². The number of aliphatic hydroxyl groups excluding tert-OH is 2. The van der Waals surface area contributed by atoms with Gasteiger partial charge in [-0.2, -0.15) is 0 Å². The van der Waals surface area contributed by atoms with Crippen LogP contribution in [0, 0.1) is 5.92 Å². The van der Waals surface area contributed by atoms with E-state index in [-0.39, 0.29) is 23.8 Å². The molecule has 7 nitrogen and oxygen atoms in total. The molecule has 8 heteroatoms. The Morgan fingerprint density at radius 2 is 1.61 bits per heavy atom. The van der Waals surface area contributed by atoms with Gasteiger partial charge in [0.2, 0.25) is 0 Å². The van der Waals surface area contributed by atoms with Crippen LogP contribution in [0.4, 0.5) is 4.79 Å². The highest BCUT2D eigenvalue weighted by Crippen LogP contribution is 2.30. The first-order valence-corrected chi connectivity index (χ1v) is 14.1. The fourth-order valence-electron chi connectivity index (χ4n) is 4.50. The Balaban J connectivity index is 1.57. The van der Waals surface area contributed by atoms with Gasteiger partial charge in [-0.15, -0.1) is 6.58 Å². The van der Waals surface area contributed by atoms with Crippen molar-refractivity contribution in [3.05, 3.63) is 72.3 Å². The molecule has 1 heterocycles. The highest BCUT2D eigenvalue weighted by molar-refractivity contribution is 8.13. The van der Waals surface area contributed by atoms with Gasteiger partial charge in [0.1, 0.15) is 11.5 Å². The van der Waals surface area contributed by atoms with Crippen molar-refractivity contribution in [2.75, 3.05) is 20.0 Å². The minimum absolute atomic E-state index is 0.0570. The van der Waals surface area contributed by atoms with Crippen LogP contribution in [0.3, 0.4) is 0 Å². The van der Waals surface area contributed by atoms with E-state index in [4.69, 9.17) is 14.2 Å². The Morgan fingerprint density at radius 3 is 2.18 bits per heavy atom. The first-order chi connectivity index (χ1) is 18.3. The normalized spacial score (nSPS) is 18.6. The zero-order chi connectivity index (χ0) is 27.5. The van der Waals surface area contributed by atoms with E-state index in [1.807, 2.05) is 54.6 Å². The van der Waals surface area contributed by atoms with Gasteiger partial charge in [-0.25, -0.2) is 0 Å². The summed E-state index contributed by atoms with van der Waals surface area (Å²) in [5.74, 6) is 2.38. The maximum absolute atomic E-state index is 12.6. The third kappa shape index (κ3) is 9.05. The maximum atomic E-state index is 12.6.